The fourth-order valence-electron chi connectivity index (χ4n) is 2.99. The quantitative estimate of drug-likeness (QED) is 0.418. The monoisotopic (exact) mass is 356 g/mol. The number of rotatable bonds is 4. The number of aromatic nitrogens is 2. The van der Waals surface area contributed by atoms with Crippen LogP contribution in [0.5, 0.6) is 5.75 Å². The van der Waals surface area contributed by atoms with Crippen molar-refractivity contribution < 1.29 is 4.74 Å². The molecule has 2 aromatic carbocycles. The maximum atomic E-state index is 5.36. The van der Waals surface area contributed by atoms with E-state index in [4.69, 9.17) is 9.72 Å². The minimum atomic E-state index is 0.694. The van der Waals surface area contributed by atoms with Crippen LogP contribution >= 0.6 is 0 Å². The molecule has 0 atom stereocenters. The highest BCUT2D eigenvalue weighted by Gasteiger charge is 2.15. The number of nitrogens with zero attached hydrogens (tertiary/aromatic N) is 4. The Balaban J connectivity index is 1.88. The number of pyridine rings is 1. The van der Waals surface area contributed by atoms with Crippen LogP contribution in [0.4, 0.5) is 11.5 Å². The van der Waals surface area contributed by atoms with Crippen molar-refractivity contribution in [3.63, 3.8) is 0 Å². The highest BCUT2D eigenvalue weighted by atomic mass is 16.5. The molecule has 5 nitrogen and oxygen atoms in total. The Bertz CT molecular complexity index is 1140. The lowest BCUT2D eigenvalue weighted by Crippen LogP contribution is -1.85. The first-order valence-corrected chi connectivity index (χ1v) is 8.75. The van der Waals surface area contributed by atoms with Gasteiger partial charge in [-0.25, -0.2) is 4.98 Å². The van der Waals surface area contributed by atoms with E-state index in [1.54, 1.807) is 7.11 Å². The number of benzene rings is 2. The number of methoxy groups -OCH3 is 1. The Kier molecular flexibility index (Phi) is 4.42. The van der Waals surface area contributed by atoms with Gasteiger partial charge >= 0.3 is 0 Å². The molecule has 0 saturated heterocycles. The van der Waals surface area contributed by atoms with Crippen molar-refractivity contribution in [3.05, 3.63) is 78.0 Å². The standard InChI is InChI=1S/C22H20N4O/c1-15-6-4-8-18(12-15)24-25-22-21(17-7-5-9-19(14-17)27-3)23-20-13-16(2)10-11-26(20)22/h4-14H,1-3H3. The van der Waals surface area contributed by atoms with Gasteiger partial charge < -0.3 is 4.74 Å². The largest absolute Gasteiger partial charge is 0.497 e. The lowest BCUT2D eigenvalue weighted by Gasteiger charge is -2.03. The number of ether oxygens (including phenoxy) is 1. The number of aryl methyl sites for hydroxylation is 2. The summed E-state index contributed by atoms with van der Waals surface area (Å²) in [6.45, 7) is 4.09. The van der Waals surface area contributed by atoms with E-state index in [9.17, 15) is 0 Å². The average Bonchev–Trinajstić information content (AvgIpc) is 3.04. The predicted octanol–water partition coefficient (Wildman–Crippen LogP) is 6.04. The van der Waals surface area contributed by atoms with Gasteiger partial charge in [-0.3, -0.25) is 4.40 Å². The summed E-state index contributed by atoms with van der Waals surface area (Å²) in [5, 5.41) is 9.00. The van der Waals surface area contributed by atoms with Crippen LogP contribution in [0.25, 0.3) is 16.9 Å². The molecule has 0 aliphatic carbocycles. The smallest absolute Gasteiger partial charge is 0.187 e. The van der Waals surface area contributed by atoms with Crippen molar-refractivity contribution in [2.75, 3.05) is 7.11 Å². The van der Waals surface area contributed by atoms with Gasteiger partial charge in [0.25, 0.3) is 0 Å². The number of hydrogen-bond acceptors (Lipinski definition) is 4. The van der Waals surface area contributed by atoms with E-state index in [1.165, 1.54) is 0 Å². The van der Waals surface area contributed by atoms with Crippen LogP contribution in [-0.2, 0) is 0 Å². The van der Waals surface area contributed by atoms with Gasteiger partial charge in [-0.15, -0.1) is 10.2 Å². The molecule has 5 heteroatoms. The lowest BCUT2D eigenvalue weighted by atomic mass is 10.1. The Labute approximate surface area is 158 Å². The highest BCUT2D eigenvalue weighted by molar-refractivity contribution is 5.75. The Hall–Kier alpha value is -3.47. The van der Waals surface area contributed by atoms with Crippen LogP contribution in [0.15, 0.2) is 77.1 Å². The molecule has 0 amide bonds. The predicted molar refractivity (Wildman–Crippen MR) is 107 cm³/mol. The van der Waals surface area contributed by atoms with E-state index >= 15 is 0 Å². The van der Waals surface area contributed by atoms with Crippen LogP contribution in [0.1, 0.15) is 11.1 Å². The first-order valence-electron chi connectivity index (χ1n) is 8.75. The number of fused-ring (bicyclic) bond motifs is 1. The van der Waals surface area contributed by atoms with Crippen molar-refractivity contribution in [2.45, 2.75) is 13.8 Å². The molecule has 0 saturated carbocycles. The normalized spacial score (nSPS) is 11.4. The van der Waals surface area contributed by atoms with Gasteiger partial charge in [-0.1, -0.05) is 24.3 Å². The van der Waals surface area contributed by atoms with Gasteiger partial charge in [-0.05, 0) is 61.4 Å². The Morgan fingerprint density at radius 1 is 0.889 bits per heavy atom. The molecule has 4 rings (SSSR count). The van der Waals surface area contributed by atoms with Gasteiger partial charge in [0, 0.05) is 11.8 Å². The topological polar surface area (TPSA) is 51.2 Å². The number of imidazole rings is 1. The molecule has 0 radical (unpaired) electrons. The average molecular weight is 356 g/mol. The van der Waals surface area contributed by atoms with Crippen molar-refractivity contribution in [1.82, 2.24) is 9.38 Å². The fraction of sp³-hybridized carbons (Fsp3) is 0.136. The SMILES string of the molecule is COc1cccc(-c2nc3cc(C)ccn3c2N=Nc2cccc(C)c2)c1. The maximum absolute atomic E-state index is 5.36. The third kappa shape index (κ3) is 3.44. The number of hydrogen-bond donors (Lipinski definition) is 0. The molecular weight excluding hydrogens is 336 g/mol. The van der Waals surface area contributed by atoms with E-state index < -0.39 is 0 Å². The summed E-state index contributed by atoms with van der Waals surface area (Å²) in [5.41, 5.74) is 5.66. The van der Waals surface area contributed by atoms with Crippen LogP contribution in [0.2, 0.25) is 0 Å². The molecule has 4 aromatic rings. The zero-order valence-electron chi connectivity index (χ0n) is 15.5. The zero-order chi connectivity index (χ0) is 18.8. The Morgan fingerprint density at radius 2 is 1.70 bits per heavy atom. The van der Waals surface area contributed by atoms with E-state index in [1.807, 2.05) is 85.1 Å². The minimum Gasteiger partial charge on any atom is -0.497 e. The molecule has 134 valence electrons. The molecule has 2 aromatic heterocycles. The van der Waals surface area contributed by atoms with Gasteiger partial charge in [0.2, 0.25) is 0 Å². The van der Waals surface area contributed by atoms with Crippen molar-refractivity contribution in [1.29, 1.82) is 0 Å². The van der Waals surface area contributed by atoms with Crippen molar-refractivity contribution in [2.24, 2.45) is 10.2 Å². The molecule has 0 fully saturated rings. The molecule has 0 N–H and O–H groups in total. The highest BCUT2D eigenvalue weighted by Crippen LogP contribution is 2.34. The van der Waals surface area contributed by atoms with E-state index in [-0.39, 0.29) is 0 Å². The molecule has 2 heterocycles. The van der Waals surface area contributed by atoms with Crippen LogP contribution in [0.3, 0.4) is 0 Å². The summed E-state index contributed by atoms with van der Waals surface area (Å²) in [6, 6.07) is 19.9. The maximum Gasteiger partial charge on any atom is 0.187 e. The number of azo groups is 1. The van der Waals surface area contributed by atoms with E-state index in [0.717, 1.165) is 39.5 Å². The van der Waals surface area contributed by atoms with Crippen LogP contribution < -0.4 is 4.74 Å². The third-order valence-corrected chi connectivity index (χ3v) is 4.36. The summed E-state index contributed by atoms with van der Waals surface area (Å²) in [4.78, 5) is 4.80. The summed E-state index contributed by atoms with van der Waals surface area (Å²) in [5.74, 6) is 1.47. The van der Waals surface area contributed by atoms with Crippen LogP contribution in [0, 0.1) is 13.8 Å². The molecule has 0 bridgehead atoms. The van der Waals surface area contributed by atoms with Crippen molar-refractivity contribution >= 4 is 17.2 Å². The molecule has 0 unspecified atom stereocenters. The van der Waals surface area contributed by atoms with Gasteiger partial charge in [0.1, 0.15) is 17.1 Å². The van der Waals surface area contributed by atoms with E-state index in [2.05, 4.69) is 10.2 Å². The van der Waals surface area contributed by atoms with Gasteiger partial charge in [0.05, 0.1) is 12.8 Å². The third-order valence-electron chi connectivity index (χ3n) is 4.36. The molecule has 0 aliphatic rings. The summed E-state index contributed by atoms with van der Waals surface area (Å²) in [6.07, 6.45) is 1.98. The molecule has 0 aliphatic heterocycles. The zero-order valence-corrected chi connectivity index (χ0v) is 15.5. The van der Waals surface area contributed by atoms with Gasteiger partial charge in [0.15, 0.2) is 5.82 Å². The summed E-state index contributed by atoms with van der Waals surface area (Å²) in [7, 11) is 1.66. The van der Waals surface area contributed by atoms with Crippen LogP contribution in [-0.4, -0.2) is 16.5 Å². The molecule has 27 heavy (non-hydrogen) atoms. The lowest BCUT2D eigenvalue weighted by molar-refractivity contribution is 0.415. The minimum absolute atomic E-state index is 0.694. The second kappa shape index (κ2) is 7.03. The van der Waals surface area contributed by atoms with Crippen molar-refractivity contribution in [3.8, 4) is 17.0 Å². The summed E-state index contributed by atoms with van der Waals surface area (Å²) >= 11 is 0. The second-order valence-corrected chi connectivity index (χ2v) is 6.49. The molecular formula is C22H20N4O. The first kappa shape index (κ1) is 17.0. The first-order chi connectivity index (χ1) is 13.1. The summed E-state index contributed by atoms with van der Waals surface area (Å²) < 4.78 is 7.32. The fourth-order valence-corrected chi connectivity index (χ4v) is 2.99. The van der Waals surface area contributed by atoms with Gasteiger partial charge in [-0.2, -0.15) is 0 Å². The van der Waals surface area contributed by atoms with E-state index in [0.29, 0.717) is 5.82 Å². The Morgan fingerprint density at radius 3 is 2.52 bits per heavy atom. The molecule has 0 spiro atoms. The second-order valence-electron chi connectivity index (χ2n) is 6.49.